The SMILES string of the molecule is Cc1ccc(S(=O)(=O)NC[C@H]2C[C@@H]3CCN2C[C@@H]3CN2CCCC2)cc1. The van der Waals surface area contributed by atoms with Crippen LogP contribution in [0.4, 0.5) is 0 Å². The minimum atomic E-state index is -3.41. The fraction of sp³-hybridized carbons (Fsp3) is 0.700. The molecule has 1 aromatic rings. The highest BCUT2D eigenvalue weighted by atomic mass is 32.2. The van der Waals surface area contributed by atoms with Crippen molar-refractivity contribution >= 4 is 10.0 Å². The van der Waals surface area contributed by atoms with Gasteiger partial charge in [0.1, 0.15) is 0 Å². The maximum absolute atomic E-state index is 12.6. The summed E-state index contributed by atoms with van der Waals surface area (Å²) in [7, 11) is -3.41. The number of sulfonamides is 1. The van der Waals surface area contributed by atoms with Gasteiger partial charge in [0.05, 0.1) is 4.90 Å². The molecule has 144 valence electrons. The first-order chi connectivity index (χ1) is 12.5. The lowest BCUT2D eigenvalue weighted by Gasteiger charge is -2.50. The van der Waals surface area contributed by atoms with Crippen LogP contribution in [0.5, 0.6) is 0 Å². The Balaban J connectivity index is 1.33. The summed E-state index contributed by atoms with van der Waals surface area (Å²) >= 11 is 0. The lowest BCUT2D eigenvalue weighted by atomic mass is 9.75. The fourth-order valence-corrected chi connectivity index (χ4v) is 6.05. The number of nitrogens with one attached hydrogen (secondary N) is 1. The van der Waals surface area contributed by atoms with Crippen molar-refractivity contribution in [2.45, 2.75) is 43.5 Å². The lowest BCUT2D eigenvalue weighted by molar-refractivity contribution is -0.00770. The van der Waals surface area contributed by atoms with Crippen molar-refractivity contribution in [3.8, 4) is 0 Å². The summed E-state index contributed by atoms with van der Waals surface area (Å²) in [6, 6.07) is 7.44. The van der Waals surface area contributed by atoms with Crippen LogP contribution in [-0.4, -0.2) is 63.5 Å². The molecule has 5 rings (SSSR count). The summed E-state index contributed by atoms with van der Waals surface area (Å²) in [5.41, 5.74) is 1.07. The van der Waals surface area contributed by atoms with Gasteiger partial charge < -0.3 is 4.90 Å². The zero-order valence-electron chi connectivity index (χ0n) is 15.7. The maximum Gasteiger partial charge on any atom is 0.240 e. The van der Waals surface area contributed by atoms with Crippen molar-refractivity contribution in [1.29, 1.82) is 0 Å². The van der Waals surface area contributed by atoms with Gasteiger partial charge in [-0.2, -0.15) is 0 Å². The van der Waals surface area contributed by atoms with Gasteiger partial charge >= 0.3 is 0 Å². The lowest BCUT2D eigenvalue weighted by Crippen LogP contribution is -2.58. The monoisotopic (exact) mass is 377 g/mol. The van der Waals surface area contributed by atoms with Gasteiger partial charge in [0, 0.05) is 25.7 Å². The van der Waals surface area contributed by atoms with Gasteiger partial charge in [0.2, 0.25) is 10.0 Å². The van der Waals surface area contributed by atoms with Crippen molar-refractivity contribution in [1.82, 2.24) is 14.5 Å². The highest BCUT2D eigenvalue weighted by Gasteiger charge is 2.40. The molecule has 6 heteroatoms. The minimum absolute atomic E-state index is 0.351. The molecule has 4 atom stereocenters. The number of nitrogens with zero attached hydrogens (tertiary/aromatic N) is 2. The van der Waals surface area contributed by atoms with E-state index in [0.29, 0.717) is 17.5 Å². The van der Waals surface area contributed by atoms with E-state index in [-0.39, 0.29) is 0 Å². The van der Waals surface area contributed by atoms with Gasteiger partial charge in [0.25, 0.3) is 0 Å². The van der Waals surface area contributed by atoms with Crippen LogP contribution in [-0.2, 0) is 10.0 Å². The van der Waals surface area contributed by atoms with Gasteiger partial charge in [-0.1, -0.05) is 17.7 Å². The Bertz CT molecular complexity index is 713. The molecule has 1 N–H and O–H groups in total. The molecule has 4 heterocycles. The van der Waals surface area contributed by atoms with Crippen LogP contribution in [0.2, 0.25) is 0 Å². The topological polar surface area (TPSA) is 52.7 Å². The molecular formula is C20H31N3O2S. The second-order valence-electron chi connectivity index (χ2n) is 8.37. The molecule has 4 fully saturated rings. The molecule has 0 amide bonds. The molecule has 1 aromatic carbocycles. The quantitative estimate of drug-likeness (QED) is 0.825. The van der Waals surface area contributed by atoms with E-state index in [1.54, 1.807) is 12.1 Å². The Morgan fingerprint density at radius 3 is 2.50 bits per heavy atom. The molecule has 4 saturated heterocycles. The predicted octanol–water partition coefficient (Wildman–Crippen LogP) is 2.08. The van der Waals surface area contributed by atoms with Gasteiger partial charge in [-0.05, 0) is 76.2 Å². The zero-order chi connectivity index (χ0) is 18.1. The molecule has 0 saturated carbocycles. The number of likely N-dealkylation sites (tertiary alicyclic amines) is 1. The molecule has 0 spiro atoms. The smallest absolute Gasteiger partial charge is 0.240 e. The van der Waals surface area contributed by atoms with E-state index in [0.717, 1.165) is 36.9 Å². The number of aryl methyl sites for hydroxylation is 1. The second kappa shape index (κ2) is 7.58. The van der Waals surface area contributed by atoms with Gasteiger partial charge in [-0.25, -0.2) is 13.1 Å². The zero-order valence-corrected chi connectivity index (χ0v) is 16.5. The highest BCUT2D eigenvalue weighted by Crippen LogP contribution is 2.37. The van der Waals surface area contributed by atoms with Crippen LogP contribution in [0.3, 0.4) is 0 Å². The second-order valence-corrected chi connectivity index (χ2v) is 10.1. The van der Waals surface area contributed by atoms with Crippen molar-refractivity contribution in [2.75, 3.05) is 39.3 Å². The van der Waals surface area contributed by atoms with Gasteiger partial charge in [0.15, 0.2) is 0 Å². The fourth-order valence-electron chi connectivity index (χ4n) is 4.97. The van der Waals surface area contributed by atoms with E-state index in [9.17, 15) is 8.42 Å². The molecule has 4 aliphatic heterocycles. The molecule has 5 nitrogen and oxygen atoms in total. The molecule has 26 heavy (non-hydrogen) atoms. The third-order valence-electron chi connectivity index (χ3n) is 6.55. The van der Waals surface area contributed by atoms with Gasteiger partial charge in [-0.15, -0.1) is 0 Å². The molecule has 0 aromatic heterocycles. The summed E-state index contributed by atoms with van der Waals surface area (Å²) in [4.78, 5) is 5.52. The van der Waals surface area contributed by atoms with E-state index in [1.807, 2.05) is 19.1 Å². The third kappa shape index (κ3) is 3.98. The van der Waals surface area contributed by atoms with E-state index in [4.69, 9.17) is 0 Å². The van der Waals surface area contributed by atoms with Crippen LogP contribution in [0.1, 0.15) is 31.2 Å². The van der Waals surface area contributed by atoms with Gasteiger partial charge in [-0.3, -0.25) is 4.90 Å². The summed E-state index contributed by atoms with van der Waals surface area (Å²) in [6.45, 7) is 8.53. The van der Waals surface area contributed by atoms with Crippen molar-refractivity contribution in [3.63, 3.8) is 0 Å². The van der Waals surface area contributed by atoms with E-state index in [2.05, 4.69) is 14.5 Å². The first kappa shape index (κ1) is 18.4. The summed E-state index contributed by atoms with van der Waals surface area (Å²) in [5.74, 6) is 1.53. The third-order valence-corrected chi connectivity index (χ3v) is 7.99. The largest absolute Gasteiger partial charge is 0.303 e. The van der Waals surface area contributed by atoms with E-state index < -0.39 is 10.0 Å². The number of benzene rings is 1. The normalized spacial score (nSPS) is 32.2. The number of hydrogen-bond acceptors (Lipinski definition) is 4. The summed E-state index contributed by atoms with van der Waals surface area (Å²) < 4.78 is 28.0. The average Bonchev–Trinajstić information content (AvgIpc) is 3.14. The number of fused-ring (bicyclic) bond motifs is 3. The van der Waals surface area contributed by atoms with Crippen molar-refractivity contribution < 1.29 is 8.42 Å². The Kier molecular flexibility index (Phi) is 5.37. The van der Waals surface area contributed by atoms with Crippen LogP contribution in [0.15, 0.2) is 29.2 Å². The molecule has 4 aliphatic rings. The van der Waals surface area contributed by atoms with E-state index in [1.165, 1.54) is 38.9 Å². The van der Waals surface area contributed by atoms with Crippen molar-refractivity contribution in [3.05, 3.63) is 29.8 Å². The van der Waals surface area contributed by atoms with Crippen molar-refractivity contribution in [2.24, 2.45) is 11.8 Å². The Hall–Kier alpha value is -0.950. The van der Waals surface area contributed by atoms with Crippen LogP contribution in [0, 0.1) is 18.8 Å². The minimum Gasteiger partial charge on any atom is -0.303 e. The highest BCUT2D eigenvalue weighted by molar-refractivity contribution is 7.89. The molecule has 2 bridgehead atoms. The number of piperidine rings is 3. The molecule has 1 unspecified atom stereocenters. The summed E-state index contributed by atoms with van der Waals surface area (Å²) in [6.07, 6.45) is 5.11. The Morgan fingerprint density at radius 2 is 1.85 bits per heavy atom. The average molecular weight is 378 g/mol. The van der Waals surface area contributed by atoms with Crippen LogP contribution < -0.4 is 4.72 Å². The molecular weight excluding hydrogens is 346 g/mol. The van der Waals surface area contributed by atoms with Crippen LogP contribution >= 0.6 is 0 Å². The number of hydrogen-bond donors (Lipinski definition) is 1. The van der Waals surface area contributed by atoms with E-state index >= 15 is 0 Å². The maximum atomic E-state index is 12.6. The summed E-state index contributed by atoms with van der Waals surface area (Å²) in [5, 5.41) is 0. The molecule has 0 radical (unpaired) electrons. The Labute approximate surface area is 157 Å². The predicted molar refractivity (Wildman–Crippen MR) is 104 cm³/mol. The van der Waals surface area contributed by atoms with Crippen LogP contribution in [0.25, 0.3) is 0 Å². The first-order valence-electron chi connectivity index (χ1n) is 10.0. The standard InChI is InChI=1S/C20H31N3O2S/c1-16-4-6-20(7-5-16)26(24,25)21-13-19-12-17-8-11-23(19)15-18(17)14-22-9-2-3-10-22/h4-7,17-19,21H,2-3,8-15H2,1H3/t17-,18-,19+/m0/s1. The number of rotatable bonds is 6. The molecule has 0 aliphatic carbocycles. The Morgan fingerprint density at radius 1 is 1.12 bits per heavy atom. The first-order valence-corrected chi connectivity index (χ1v) is 11.5.